The molecule has 1 saturated carbocycles. The van der Waals surface area contributed by atoms with Crippen LogP contribution in [0.2, 0.25) is 0 Å². The van der Waals surface area contributed by atoms with Gasteiger partial charge in [0.1, 0.15) is 5.82 Å². The molecule has 0 aliphatic heterocycles. The fraction of sp³-hybridized carbons (Fsp3) is 0.600. The average Bonchev–Trinajstić information content (AvgIpc) is 2.84. The summed E-state index contributed by atoms with van der Waals surface area (Å²) < 4.78 is 8.13. The molecule has 150 valence electrons. The highest BCUT2D eigenvalue weighted by Crippen LogP contribution is 2.19. The molecule has 3 rings (SSSR count). The smallest absolute Gasteiger partial charge is 0.191 e. The third kappa shape index (κ3) is 6.34. The van der Waals surface area contributed by atoms with Crippen LogP contribution in [0.1, 0.15) is 44.3 Å². The minimum atomic E-state index is 0. The van der Waals surface area contributed by atoms with Crippen molar-refractivity contribution in [3.8, 4) is 0 Å². The van der Waals surface area contributed by atoms with Crippen LogP contribution in [-0.2, 0) is 18.3 Å². The number of hydrogen-bond donors (Lipinski definition) is 2. The standard InChI is InChI=1S/C20H31N5O.HI/c1-21-20(22-13-14-26-16-9-5-3-4-6-10-16)23-15-19-24-17-11-7-8-12-18(17)25(19)2;/h7-8,11-12,16H,3-6,9-10,13-15H2,1-2H3,(H2,21,22,23);1H. The molecule has 1 aliphatic rings. The zero-order chi connectivity index (χ0) is 18.2. The maximum absolute atomic E-state index is 6.02. The quantitative estimate of drug-likeness (QED) is 0.216. The van der Waals surface area contributed by atoms with Gasteiger partial charge in [0.2, 0.25) is 0 Å². The zero-order valence-corrected chi connectivity index (χ0v) is 18.7. The van der Waals surface area contributed by atoms with E-state index in [0.717, 1.165) is 36.0 Å². The van der Waals surface area contributed by atoms with E-state index in [-0.39, 0.29) is 24.0 Å². The van der Waals surface area contributed by atoms with Crippen LogP contribution in [0.5, 0.6) is 0 Å². The summed E-state index contributed by atoms with van der Waals surface area (Å²) in [4.78, 5) is 8.97. The van der Waals surface area contributed by atoms with Gasteiger partial charge in [-0.2, -0.15) is 0 Å². The Balaban J connectivity index is 0.00000261. The van der Waals surface area contributed by atoms with E-state index in [9.17, 15) is 0 Å². The molecule has 1 aliphatic carbocycles. The van der Waals surface area contributed by atoms with Crippen molar-refractivity contribution in [3.05, 3.63) is 30.1 Å². The lowest BCUT2D eigenvalue weighted by Gasteiger charge is -2.16. The number of aryl methyl sites for hydroxylation is 1. The van der Waals surface area contributed by atoms with Crippen LogP contribution in [0, 0.1) is 0 Å². The van der Waals surface area contributed by atoms with Crippen molar-refractivity contribution >= 4 is 41.0 Å². The van der Waals surface area contributed by atoms with E-state index in [1.807, 2.05) is 25.2 Å². The number of imidazole rings is 1. The van der Waals surface area contributed by atoms with Gasteiger partial charge in [-0.1, -0.05) is 37.8 Å². The molecule has 1 aromatic carbocycles. The van der Waals surface area contributed by atoms with Crippen LogP contribution >= 0.6 is 24.0 Å². The molecule has 27 heavy (non-hydrogen) atoms. The van der Waals surface area contributed by atoms with E-state index < -0.39 is 0 Å². The van der Waals surface area contributed by atoms with Gasteiger partial charge in [0, 0.05) is 20.6 Å². The lowest BCUT2D eigenvalue weighted by Crippen LogP contribution is -2.39. The Morgan fingerprint density at radius 3 is 2.63 bits per heavy atom. The number of hydrogen-bond acceptors (Lipinski definition) is 3. The van der Waals surface area contributed by atoms with Crippen LogP contribution in [0.25, 0.3) is 11.0 Å². The molecular weight excluding hydrogens is 453 g/mol. The van der Waals surface area contributed by atoms with E-state index in [1.54, 1.807) is 7.05 Å². The number of aromatic nitrogens is 2. The lowest BCUT2D eigenvalue weighted by molar-refractivity contribution is 0.0468. The molecule has 7 heteroatoms. The second-order valence-corrected chi connectivity index (χ2v) is 6.91. The number of benzene rings is 1. The molecule has 0 amide bonds. The van der Waals surface area contributed by atoms with E-state index in [0.29, 0.717) is 12.6 Å². The third-order valence-electron chi connectivity index (χ3n) is 5.07. The maximum Gasteiger partial charge on any atom is 0.191 e. The number of nitrogens with zero attached hydrogens (tertiary/aromatic N) is 3. The predicted octanol–water partition coefficient (Wildman–Crippen LogP) is 3.60. The van der Waals surface area contributed by atoms with Gasteiger partial charge >= 0.3 is 0 Å². The van der Waals surface area contributed by atoms with Crippen LogP contribution in [-0.4, -0.2) is 41.8 Å². The summed E-state index contributed by atoms with van der Waals surface area (Å²) in [6.07, 6.45) is 8.18. The molecule has 0 unspecified atom stereocenters. The number of para-hydroxylation sites is 2. The highest BCUT2D eigenvalue weighted by molar-refractivity contribution is 14.0. The molecule has 1 aromatic heterocycles. The van der Waals surface area contributed by atoms with Crippen molar-refractivity contribution in [1.29, 1.82) is 0 Å². The first-order chi connectivity index (χ1) is 12.8. The van der Waals surface area contributed by atoms with Crippen LogP contribution in [0.4, 0.5) is 0 Å². The summed E-state index contributed by atoms with van der Waals surface area (Å²) in [7, 11) is 3.83. The van der Waals surface area contributed by atoms with Crippen molar-refractivity contribution in [2.75, 3.05) is 20.2 Å². The fourth-order valence-corrected chi connectivity index (χ4v) is 3.54. The molecule has 2 aromatic rings. The topological polar surface area (TPSA) is 63.5 Å². The largest absolute Gasteiger partial charge is 0.376 e. The summed E-state index contributed by atoms with van der Waals surface area (Å²) in [5.41, 5.74) is 2.16. The van der Waals surface area contributed by atoms with Gasteiger partial charge in [0.25, 0.3) is 0 Å². The lowest BCUT2D eigenvalue weighted by atomic mass is 10.1. The summed E-state index contributed by atoms with van der Waals surface area (Å²) in [6, 6.07) is 8.18. The molecule has 0 radical (unpaired) electrons. The first-order valence-electron chi connectivity index (χ1n) is 9.74. The molecule has 0 saturated heterocycles. The van der Waals surface area contributed by atoms with E-state index >= 15 is 0 Å². The highest BCUT2D eigenvalue weighted by atomic mass is 127. The third-order valence-corrected chi connectivity index (χ3v) is 5.07. The van der Waals surface area contributed by atoms with Crippen molar-refractivity contribution < 1.29 is 4.74 Å². The summed E-state index contributed by atoms with van der Waals surface area (Å²) >= 11 is 0. The van der Waals surface area contributed by atoms with Gasteiger partial charge in [0.05, 0.1) is 30.3 Å². The second kappa shape index (κ2) is 11.5. The summed E-state index contributed by atoms with van der Waals surface area (Å²) in [6.45, 7) is 2.12. The predicted molar refractivity (Wildman–Crippen MR) is 122 cm³/mol. The van der Waals surface area contributed by atoms with Gasteiger partial charge in [-0.3, -0.25) is 4.99 Å². The van der Waals surface area contributed by atoms with Gasteiger partial charge in [0.15, 0.2) is 5.96 Å². The average molecular weight is 485 g/mol. The minimum absolute atomic E-state index is 0. The molecular formula is C20H32IN5O. The normalized spacial score (nSPS) is 16.0. The van der Waals surface area contributed by atoms with E-state index in [2.05, 4.69) is 31.2 Å². The minimum Gasteiger partial charge on any atom is -0.376 e. The van der Waals surface area contributed by atoms with Crippen molar-refractivity contribution in [2.24, 2.45) is 12.0 Å². The van der Waals surface area contributed by atoms with Gasteiger partial charge < -0.3 is 19.9 Å². The molecule has 1 fully saturated rings. The van der Waals surface area contributed by atoms with E-state index in [4.69, 9.17) is 4.74 Å². The molecule has 6 nitrogen and oxygen atoms in total. The second-order valence-electron chi connectivity index (χ2n) is 6.91. The van der Waals surface area contributed by atoms with Crippen molar-refractivity contribution in [2.45, 2.75) is 51.2 Å². The Kier molecular flexibility index (Phi) is 9.33. The first-order valence-corrected chi connectivity index (χ1v) is 9.74. The number of ether oxygens (including phenoxy) is 1. The van der Waals surface area contributed by atoms with Gasteiger partial charge in [-0.25, -0.2) is 4.98 Å². The number of nitrogens with one attached hydrogen (secondary N) is 2. The Bertz CT molecular complexity index is 722. The van der Waals surface area contributed by atoms with Crippen LogP contribution < -0.4 is 10.6 Å². The number of fused-ring (bicyclic) bond motifs is 1. The van der Waals surface area contributed by atoms with Crippen LogP contribution in [0.15, 0.2) is 29.3 Å². The van der Waals surface area contributed by atoms with Crippen molar-refractivity contribution in [1.82, 2.24) is 20.2 Å². The first kappa shape index (κ1) is 21.9. The number of halogens is 1. The van der Waals surface area contributed by atoms with Crippen molar-refractivity contribution in [3.63, 3.8) is 0 Å². The molecule has 0 spiro atoms. The zero-order valence-electron chi connectivity index (χ0n) is 16.4. The maximum atomic E-state index is 6.02. The Morgan fingerprint density at radius 2 is 1.93 bits per heavy atom. The fourth-order valence-electron chi connectivity index (χ4n) is 3.54. The highest BCUT2D eigenvalue weighted by Gasteiger charge is 2.12. The number of aliphatic imine (C=N–C) groups is 1. The summed E-state index contributed by atoms with van der Waals surface area (Å²) in [5, 5.41) is 6.66. The monoisotopic (exact) mass is 485 g/mol. The Morgan fingerprint density at radius 1 is 1.19 bits per heavy atom. The van der Waals surface area contributed by atoms with E-state index in [1.165, 1.54) is 38.5 Å². The number of rotatable bonds is 6. The molecule has 0 bridgehead atoms. The van der Waals surface area contributed by atoms with Gasteiger partial charge in [-0.15, -0.1) is 24.0 Å². The SMILES string of the molecule is CN=C(NCCOC1CCCCCC1)NCc1nc2ccccc2n1C.I. The molecule has 1 heterocycles. The Labute approximate surface area is 179 Å². The number of guanidine groups is 1. The van der Waals surface area contributed by atoms with Gasteiger partial charge in [-0.05, 0) is 25.0 Å². The summed E-state index contributed by atoms with van der Waals surface area (Å²) in [5.74, 6) is 1.77. The molecule has 2 N–H and O–H groups in total. The van der Waals surface area contributed by atoms with Crippen LogP contribution in [0.3, 0.4) is 0 Å². The Hall–Kier alpha value is -1.35. The molecule has 0 atom stereocenters.